The highest BCUT2D eigenvalue weighted by Crippen LogP contribution is 2.55. The van der Waals surface area contributed by atoms with Gasteiger partial charge in [-0.1, -0.05) is 117 Å². The van der Waals surface area contributed by atoms with Crippen molar-refractivity contribution < 1.29 is 0 Å². The Labute approximate surface area is 228 Å². The summed E-state index contributed by atoms with van der Waals surface area (Å²) >= 11 is 0. The van der Waals surface area contributed by atoms with Crippen molar-refractivity contribution >= 4 is 0 Å². The van der Waals surface area contributed by atoms with E-state index in [0.717, 1.165) is 23.4 Å². The Balaban J connectivity index is 1.59. The minimum absolute atomic E-state index is 0.736. The maximum atomic E-state index is 4.09. The lowest BCUT2D eigenvalue weighted by atomic mass is 9.55. The maximum Gasteiger partial charge on any atom is 0.00926 e. The molecule has 2 aliphatic rings. The molecule has 36 heavy (non-hydrogen) atoms. The molecule has 0 aromatic heterocycles. The Bertz CT molecular complexity index is 473. The molecule has 0 unspecified atom stereocenters. The topological polar surface area (TPSA) is 15.3 Å². The Kier molecular flexibility index (Phi) is 17.8. The summed E-state index contributed by atoms with van der Waals surface area (Å²) in [6.07, 6.45) is 34.6. The van der Waals surface area contributed by atoms with Crippen molar-refractivity contribution in [3.8, 4) is 0 Å². The van der Waals surface area contributed by atoms with Gasteiger partial charge in [0, 0.05) is 12.1 Å². The van der Waals surface area contributed by atoms with Crippen LogP contribution in [0.3, 0.4) is 0 Å². The molecule has 214 valence electrons. The Morgan fingerprint density at radius 1 is 0.667 bits per heavy atom. The molecule has 0 radical (unpaired) electrons. The quantitative estimate of drug-likeness (QED) is 0.139. The average Bonchev–Trinajstić information content (AvgIpc) is 2.87. The van der Waals surface area contributed by atoms with E-state index in [4.69, 9.17) is 0 Å². The molecule has 2 nitrogen and oxygen atoms in total. The van der Waals surface area contributed by atoms with Crippen molar-refractivity contribution in [2.75, 3.05) is 20.1 Å². The molecule has 1 N–H and O–H groups in total. The lowest BCUT2D eigenvalue weighted by Gasteiger charge is -2.53. The van der Waals surface area contributed by atoms with Crippen molar-refractivity contribution in [2.45, 2.75) is 187 Å². The molecule has 1 spiro atoms. The van der Waals surface area contributed by atoms with Gasteiger partial charge in [-0.25, -0.2) is 0 Å². The summed E-state index contributed by atoms with van der Waals surface area (Å²) in [5.41, 5.74) is 0.736. The first-order valence-electron chi connectivity index (χ1n) is 17.1. The molecule has 2 saturated carbocycles. The summed E-state index contributed by atoms with van der Waals surface area (Å²) in [4.78, 5) is 2.72. The molecule has 0 aromatic carbocycles. The smallest absolute Gasteiger partial charge is 0.00926 e. The molecule has 2 aliphatic carbocycles. The van der Waals surface area contributed by atoms with Crippen LogP contribution in [-0.2, 0) is 0 Å². The van der Waals surface area contributed by atoms with Gasteiger partial charge in [0.1, 0.15) is 0 Å². The van der Waals surface area contributed by atoms with Crippen LogP contribution in [0, 0.1) is 11.3 Å². The van der Waals surface area contributed by atoms with Crippen LogP contribution < -0.4 is 5.32 Å². The zero-order valence-electron chi connectivity index (χ0n) is 25.6. The highest BCUT2D eigenvalue weighted by molar-refractivity contribution is 4.98. The van der Waals surface area contributed by atoms with E-state index in [0.29, 0.717) is 0 Å². The Hall–Kier alpha value is -0.0800. The summed E-state index contributed by atoms with van der Waals surface area (Å²) in [5.74, 6) is 0.963. The standard InChI is InChI=1S/C34H68N2/c1-5-8-11-14-17-20-27-36(4)33-23-25-34(26-24-33)28-31(29-34)30-35-32(21-18-15-12-9-6-2)22-19-16-13-10-7-3/h31-33,35H,5-30H2,1-4H3/t31-,33-,34?. The third-order valence-corrected chi connectivity index (χ3v) is 9.95. The molecular weight excluding hydrogens is 436 g/mol. The predicted molar refractivity (Wildman–Crippen MR) is 162 cm³/mol. The number of hydrogen-bond acceptors (Lipinski definition) is 2. The average molecular weight is 505 g/mol. The second-order valence-electron chi connectivity index (χ2n) is 13.3. The minimum atomic E-state index is 0.736. The van der Waals surface area contributed by atoms with Crippen LogP contribution in [0.4, 0.5) is 0 Å². The van der Waals surface area contributed by atoms with Crippen molar-refractivity contribution in [3.63, 3.8) is 0 Å². The van der Waals surface area contributed by atoms with Crippen LogP contribution in [-0.4, -0.2) is 37.1 Å². The van der Waals surface area contributed by atoms with E-state index in [2.05, 4.69) is 38.0 Å². The van der Waals surface area contributed by atoms with Gasteiger partial charge in [0.25, 0.3) is 0 Å². The van der Waals surface area contributed by atoms with Gasteiger partial charge in [0.15, 0.2) is 0 Å². The number of unbranched alkanes of at least 4 members (excludes halogenated alkanes) is 13. The van der Waals surface area contributed by atoms with Crippen LogP contribution in [0.15, 0.2) is 0 Å². The fraction of sp³-hybridized carbons (Fsp3) is 1.00. The van der Waals surface area contributed by atoms with Gasteiger partial charge in [-0.15, -0.1) is 0 Å². The normalized spacial score (nSPS) is 24.2. The van der Waals surface area contributed by atoms with E-state index in [1.54, 1.807) is 0 Å². The van der Waals surface area contributed by atoms with Crippen LogP contribution in [0.2, 0.25) is 0 Å². The van der Waals surface area contributed by atoms with Gasteiger partial charge in [-0.05, 0) is 89.3 Å². The summed E-state index contributed by atoms with van der Waals surface area (Å²) in [5, 5.41) is 4.09. The Morgan fingerprint density at radius 2 is 1.14 bits per heavy atom. The summed E-state index contributed by atoms with van der Waals surface area (Å²) in [7, 11) is 2.41. The van der Waals surface area contributed by atoms with Gasteiger partial charge in [0.05, 0.1) is 0 Å². The summed E-state index contributed by atoms with van der Waals surface area (Å²) < 4.78 is 0. The van der Waals surface area contributed by atoms with Gasteiger partial charge >= 0.3 is 0 Å². The van der Waals surface area contributed by atoms with E-state index in [-0.39, 0.29) is 0 Å². The van der Waals surface area contributed by atoms with Crippen LogP contribution >= 0.6 is 0 Å². The third-order valence-electron chi connectivity index (χ3n) is 9.95. The second kappa shape index (κ2) is 19.9. The SMILES string of the molecule is CCCCCCCCN(C)[C@H]1CCC2(CC1)C[C@H](CNC(CCCCCCC)CCCCCCC)C2. The van der Waals surface area contributed by atoms with Gasteiger partial charge in [-0.3, -0.25) is 0 Å². The molecule has 2 fully saturated rings. The Morgan fingerprint density at radius 3 is 1.67 bits per heavy atom. The maximum absolute atomic E-state index is 4.09. The van der Waals surface area contributed by atoms with Crippen molar-refractivity contribution in [3.05, 3.63) is 0 Å². The monoisotopic (exact) mass is 505 g/mol. The van der Waals surface area contributed by atoms with E-state index >= 15 is 0 Å². The largest absolute Gasteiger partial charge is 0.314 e. The lowest BCUT2D eigenvalue weighted by molar-refractivity contribution is -0.00944. The molecule has 2 heteroatoms. The molecule has 0 amide bonds. The molecule has 0 atom stereocenters. The first-order chi connectivity index (χ1) is 17.6. The van der Waals surface area contributed by atoms with Gasteiger partial charge in [0.2, 0.25) is 0 Å². The number of rotatable bonds is 23. The fourth-order valence-corrected chi connectivity index (χ4v) is 7.37. The van der Waals surface area contributed by atoms with E-state index in [1.165, 1.54) is 167 Å². The van der Waals surface area contributed by atoms with Crippen molar-refractivity contribution in [1.82, 2.24) is 10.2 Å². The number of nitrogens with one attached hydrogen (secondary N) is 1. The first kappa shape index (κ1) is 32.1. The van der Waals surface area contributed by atoms with E-state index in [9.17, 15) is 0 Å². The van der Waals surface area contributed by atoms with Gasteiger partial charge in [-0.2, -0.15) is 0 Å². The minimum Gasteiger partial charge on any atom is -0.314 e. The highest BCUT2D eigenvalue weighted by atomic mass is 15.1. The zero-order valence-corrected chi connectivity index (χ0v) is 25.6. The van der Waals surface area contributed by atoms with Gasteiger partial charge < -0.3 is 10.2 Å². The molecule has 0 aromatic rings. The predicted octanol–water partition coefficient (Wildman–Crippen LogP) is 10.3. The zero-order chi connectivity index (χ0) is 25.9. The second-order valence-corrected chi connectivity index (χ2v) is 13.3. The highest BCUT2D eigenvalue weighted by Gasteiger charge is 2.46. The first-order valence-corrected chi connectivity index (χ1v) is 17.1. The van der Waals surface area contributed by atoms with Crippen molar-refractivity contribution in [2.24, 2.45) is 11.3 Å². The molecule has 0 heterocycles. The molecule has 0 aliphatic heterocycles. The van der Waals surface area contributed by atoms with Crippen LogP contribution in [0.1, 0.15) is 175 Å². The summed E-state index contributed by atoms with van der Waals surface area (Å²) in [6.45, 7) is 9.60. The molecule has 0 bridgehead atoms. The lowest BCUT2D eigenvalue weighted by Crippen LogP contribution is -2.48. The number of nitrogens with zero attached hydrogens (tertiary/aromatic N) is 1. The van der Waals surface area contributed by atoms with Crippen LogP contribution in [0.25, 0.3) is 0 Å². The summed E-state index contributed by atoms with van der Waals surface area (Å²) in [6, 6.07) is 1.66. The van der Waals surface area contributed by atoms with Crippen molar-refractivity contribution in [1.29, 1.82) is 0 Å². The van der Waals surface area contributed by atoms with E-state index < -0.39 is 0 Å². The number of hydrogen-bond donors (Lipinski definition) is 1. The molecular formula is C34H68N2. The molecule has 0 saturated heterocycles. The van der Waals surface area contributed by atoms with Crippen LogP contribution in [0.5, 0.6) is 0 Å². The fourth-order valence-electron chi connectivity index (χ4n) is 7.37. The molecule has 2 rings (SSSR count). The van der Waals surface area contributed by atoms with E-state index in [1.807, 2.05) is 0 Å². The third kappa shape index (κ3) is 13.1.